The summed E-state index contributed by atoms with van der Waals surface area (Å²) in [5.41, 5.74) is 1.96. The topological polar surface area (TPSA) is 98.5 Å². The minimum atomic E-state index is -0.506. The van der Waals surface area contributed by atoms with Gasteiger partial charge in [0.1, 0.15) is 0 Å². The lowest BCUT2D eigenvalue weighted by molar-refractivity contribution is -0.384. The molecule has 0 unspecified atom stereocenters. The SMILES string of the molecule is Cc1cc([N+](=O)[O-])ccc1NC(=O)COC(=O)C[C@H](C)c1ccccc1. The van der Waals surface area contributed by atoms with E-state index in [-0.39, 0.29) is 18.0 Å². The summed E-state index contributed by atoms with van der Waals surface area (Å²) in [6.07, 6.45) is 0.174. The zero-order chi connectivity index (χ0) is 19.1. The minimum absolute atomic E-state index is 0.0105. The maximum Gasteiger partial charge on any atom is 0.306 e. The number of rotatable bonds is 7. The Morgan fingerprint density at radius 2 is 1.88 bits per heavy atom. The first-order valence-electron chi connectivity index (χ1n) is 8.12. The molecule has 0 radical (unpaired) electrons. The van der Waals surface area contributed by atoms with Crippen molar-refractivity contribution < 1.29 is 19.2 Å². The van der Waals surface area contributed by atoms with Crippen molar-refractivity contribution in [3.8, 4) is 0 Å². The third kappa shape index (κ3) is 5.41. The molecular formula is C19H20N2O5. The first-order valence-corrected chi connectivity index (χ1v) is 8.12. The molecular weight excluding hydrogens is 336 g/mol. The molecule has 0 saturated heterocycles. The quantitative estimate of drug-likeness (QED) is 0.464. The summed E-state index contributed by atoms with van der Waals surface area (Å²) in [5, 5.41) is 13.3. The number of hydrogen-bond donors (Lipinski definition) is 1. The molecule has 0 aliphatic heterocycles. The molecule has 1 N–H and O–H groups in total. The van der Waals surface area contributed by atoms with Gasteiger partial charge in [0.2, 0.25) is 0 Å². The molecule has 26 heavy (non-hydrogen) atoms. The van der Waals surface area contributed by atoms with Crippen molar-refractivity contribution >= 4 is 23.3 Å². The Kier molecular flexibility index (Phi) is 6.43. The molecule has 7 nitrogen and oxygen atoms in total. The van der Waals surface area contributed by atoms with Gasteiger partial charge in [-0.25, -0.2) is 0 Å². The number of nitrogens with zero attached hydrogens (tertiary/aromatic N) is 1. The van der Waals surface area contributed by atoms with Gasteiger partial charge in [-0.3, -0.25) is 19.7 Å². The predicted octanol–water partition coefficient (Wildman–Crippen LogP) is 3.58. The highest BCUT2D eigenvalue weighted by atomic mass is 16.6. The molecule has 0 aliphatic rings. The monoisotopic (exact) mass is 356 g/mol. The number of non-ortho nitro benzene ring substituents is 1. The van der Waals surface area contributed by atoms with E-state index in [1.165, 1.54) is 18.2 Å². The van der Waals surface area contributed by atoms with Crippen LogP contribution in [0.15, 0.2) is 48.5 Å². The molecule has 0 bridgehead atoms. The van der Waals surface area contributed by atoms with Gasteiger partial charge >= 0.3 is 5.97 Å². The van der Waals surface area contributed by atoms with Gasteiger partial charge in [-0.2, -0.15) is 0 Å². The molecule has 0 saturated carbocycles. The van der Waals surface area contributed by atoms with Crippen LogP contribution < -0.4 is 5.32 Å². The first kappa shape index (κ1) is 19.1. The normalized spacial score (nSPS) is 11.5. The van der Waals surface area contributed by atoms with Crippen LogP contribution in [0.5, 0.6) is 0 Å². The van der Waals surface area contributed by atoms with Crippen molar-refractivity contribution in [1.82, 2.24) is 0 Å². The minimum Gasteiger partial charge on any atom is -0.456 e. The number of ether oxygens (including phenoxy) is 1. The van der Waals surface area contributed by atoms with Crippen LogP contribution in [0.25, 0.3) is 0 Å². The van der Waals surface area contributed by atoms with Gasteiger partial charge in [-0.1, -0.05) is 37.3 Å². The third-order valence-corrected chi connectivity index (χ3v) is 3.90. The van der Waals surface area contributed by atoms with Crippen LogP contribution >= 0.6 is 0 Å². The summed E-state index contributed by atoms with van der Waals surface area (Å²) in [7, 11) is 0. The molecule has 0 spiro atoms. The number of nitro benzene ring substituents is 1. The smallest absolute Gasteiger partial charge is 0.306 e. The Hall–Kier alpha value is -3.22. The largest absolute Gasteiger partial charge is 0.456 e. The molecule has 136 valence electrons. The molecule has 1 atom stereocenters. The number of nitrogens with one attached hydrogen (secondary N) is 1. The number of amides is 1. The van der Waals surface area contributed by atoms with Crippen LogP contribution in [0.2, 0.25) is 0 Å². The van der Waals surface area contributed by atoms with Gasteiger partial charge in [0, 0.05) is 17.8 Å². The number of anilines is 1. The second-order valence-electron chi connectivity index (χ2n) is 5.98. The Bertz CT molecular complexity index is 805. The fraction of sp³-hybridized carbons (Fsp3) is 0.263. The molecule has 0 aliphatic carbocycles. The Morgan fingerprint density at radius 3 is 2.50 bits per heavy atom. The lowest BCUT2D eigenvalue weighted by Gasteiger charge is -2.12. The average Bonchev–Trinajstić information content (AvgIpc) is 2.62. The maximum absolute atomic E-state index is 11.9. The fourth-order valence-corrected chi connectivity index (χ4v) is 2.44. The second kappa shape index (κ2) is 8.75. The van der Waals surface area contributed by atoms with Gasteiger partial charge in [0.25, 0.3) is 11.6 Å². The van der Waals surface area contributed by atoms with Crippen molar-refractivity contribution in [3.05, 3.63) is 69.8 Å². The molecule has 2 rings (SSSR count). The van der Waals surface area contributed by atoms with Crippen molar-refractivity contribution in [2.24, 2.45) is 0 Å². The number of carbonyl (C=O) groups excluding carboxylic acids is 2. The van der Waals surface area contributed by atoms with E-state index in [4.69, 9.17) is 4.74 Å². The first-order chi connectivity index (χ1) is 12.4. The summed E-state index contributed by atoms with van der Waals surface area (Å²) >= 11 is 0. The van der Waals surface area contributed by atoms with Gasteiger partial charge in [-0.15, -0.1) is 0 Å². The molecule has 2 aromatic rings. The number of esters is 1. The Labute approximate surface area is 151 Å². The van der Waals surface area contributed by atoms with Crippen molar-refractivity contribution in [2.45, 2.75) is 26.2 Å². The van der Waals surface area contributed by atoms with Crippen LogP contribution in [-0.2, 0) is 14.3 Å². The Morgan fingerprint density at radius 1 is 1.19 bits per heavy atom. The fourth-order valence-electron chi connectivity index (χ4n) is 2.44. The summed E-state index contributed by atoms with van der Waals surface area (Å²) < 4.78 is 5.01. The molecule has 1 amide bonds. The molecule has 0 fully saturated rings. The lowest BCUT2D eigenvalue weighted by atomic mass is 9.98. The van der Waals surface area contributed by atoms with E-state index in [2.05, 4.69) is 5.32 Å². The van der Waals surface area contributed by atoms with E-state index in [0.717, 1.165) is 5.56 Å². The average molecular weight is 356 g/mol. The maximum atomic E-state index is 11.9. The van der Waals surface area contributed by atoms with Gasteiger partial charge in [-0.05, 0) is 30.0 Å². The molecule has 7 heteroatoms. The molecule has 0 aromatic heterocycles. The number of carbonyl (C=O) groups is 2. The van der Waals surface area contributed by atoms with Gasteiger partial charge in [0.05, 0.1) is 11.3 Å². The van der Waals surface area contributed by atoms with Crippen molar-refractivity contribution in [1.29, 1.82) is 0 Å². The van der Waals surface area contributed by atoms with Crippen LogP contribution in [0.3, 0.4) is 0 Å². The number of nitro groups is 1. The summed E-state index contributed by atoms with van der Waals surface area (Å²) in [6.45, 7) is 3.16. The van der Waals surface area contributed by atoms with Crippen LogP contribution in [0, 0.1) is 17.0 Å². The van der Waals surface area contributed by atoms with Gasteiger partial charge < -0.3 is 10.1 Å². The highest BCUT2D eigenvalue weighted by molar-refractivity contribution is 5.93. The predicted molar refractivity (Wildman–Crippen MR) is 96.9 cm³/mol. The standard InChI is InChI=1S/C19H20N2O5/c1-13(15-6-4-3-5-7-15)11-19(23)26-12-18(22)20-17-9-8-16(21(24)25)10-14(17)2/h3-10,13H,11-12H2,1-2H3,(H,20,22)/t13-/m0/s1. The number of hydrogen-bond acceptors (Lipinski definition) is 5. The van der Waals surface area contributed by atoms with E-state index in [1.807, 2.05) is 37.3 Å². The number of aryl methyl sites for hydroxylation is 1. The molecule has 0 heterocycles. The van der Waals surface area contributed by atoms with Crippen molar-refractivity contribution in [2.75, 3.05) is 11.9 Å². The van der Waals surface area contributed by atoms with Crippen LogP contribution in [0.4, 0.5) is 11.4 Å². The highest BCUT2D eigenvalue weighted by Gasteiger charge is 2.15. The number of benzene rings is 2. The zero-order valence-electron chi connectivity index (χ0n) is 14.6. The van der Waals surface area contributed by atoms with Gasteiger partial charge in [0.15, 0.2) is 6.61 Å². The molecule has 2 aromatic carbocycles. The van der Waals surface area contributed by atoms with Crippen molar-refractivity contribution in [3.63, 3.8) is 0 Å². The van der Waals surface area contributed by atoms with E-state index < -0.39 is 23.4 Å². The second-order valence-corrected chi connectivity index (χ2v) is 5.98. The Balaban J connectivity index is 1.83. The van der Waals surface area contributed by atoms with E-state index in [1.54, 1.807) is 6.92 Å². The zero-order valence-corrected chi connectivity index (χ0v) is 14.6. The van der Waals surface area contributed by atoms with E-state index >= 15 is 0 Å². The summed E-state index contributed by atoms with van der Waals surface area (Å²) in [6, 6.07) is 13.7. The summed E-state index contributed by atoms with van der Waals surface area (Å²) in [4.78, 5) is 34.0. The van der Waals surface area contributed by atoms with Crippen LogP contribution in [-0.4, -0.2) is 23.4 Å². The highest BCUT2D eigenvalue weighted by Crippen LogP contribution is 2.21. The van der Waals surface area contributed by atoms with E-state index in [9.17, 15) is 19.7 Å². The lowest BCUT2D eigenvalue weighted by Crippen LogP contribution is -2.21. The van der Waals surface area contributed by atoms with Crippen LogP contribution in [0.1, 0.15) is 30.4 Å². The summed E-state index contributed by atoms with van der Waals surface area (Å²) in [5.74, 6) is -0.969. The van der Waals surface area contributed by atoms with E-state index in [0.29, 0.717) is 11.3 Å². The third-order valence-electron chi connectivity index (χ3n) is 3.90.